The summed E-state index contributed by atoms with van der Waals surface area (Å²) in [4.78, 5) is 4.59. The van der Waals surface area contributed by atoms with Crippen LogP contribution in [0.2, 0.25) is 0 Å². The van der Waals surface area contributed by atoms with Crippen LogP contribution in [-0.4, -0.2) is 11.5 Å². The fourth-order valence-electron chi connectivity index (χ4n) is 3.09. The van der Waals surface area contributed by atoms with Gasteiger partial charge in [-0.05, 0) is 55.0 Å². The van der Waals surface area contributed by atoms with E-state index in [4.69, 9.17) is 0 Å². The van der Waals surface area contributed by atoms with E-state index in [-0.39, 0.29) is 0 Å². The molecule has 1 saturated carbocycles. The molecule has 0 aliphatic heterocycles. The summed E-state index contributed by atoms with van der Waals surface area (Å²) in [6.45, 7) is 5.29. The van der Waals surface area contributed by atoms with Crippen LogP contribution in [0, 0.1) is 12.8 Å². The summed E-state index contributed by atoms with van der Waals surface area (Å²) >= 11 is 0. The summed E-state index contributed by atoms with van der Waals surface area (Å²) in [7, 11) is 0. The maximum atomic E-state index is 4.59. The molecule has 3 rings (SSSR count). The van der Waals surface area contributed by atoms with Crippen LogP contribution in [0.4, 0.5) is 0 Å². The first-order valence-electron chi connectivity index (χ1n) is 7.50. The predicted molar refractivity (Wildman–Crippen MR) is 82.7 cm³/mol. The van der Waals surface area contributed by atoms with Gasteiger partial charge in [0.1, 0.15) is 0 Å². The molecule has 2 heteroatoms. The van der Waals surface area contributed by atoms with E-state index < -0.39 is 0 Å². The van der Waals surface area contributed by atoms with Crippen LogP contribution in [-0.2, 0) is 0 Å². The third-order valence-corrected chi connectivity index (χ3v) is 4.17. The van der Waals surface area contributed by atoms with E-state index in [2.05, 4.69) is 66.6 Å². The summed E-state index contributed by atoms with van der Waals surface area (Å²) in [5.74, 6) is 1.36. The highest BCUT2D eigenvalue weighted by Crippen LogP contribution is 2.53. The second kappa shape index (κ2) is 5.76. The van der Waals surface area contributed by atoms with Gasteiger partial charge in [0, 0.05) is 6.20 Å². The Hall–Kier alpha value is -1.67. The van der Waals surface area contributed by atoms with Gasteiger partial charge in [-0.1, -0.05) is 37.3 Å². The number of nitrogens with zero attached hydrogens (tertiary/aromatic N) is 1. The lowest BCUT2D eigenvalue weighted by Gasteiger charge is -2.18. The van der Waals surface area contributed by atoms with Gasteiger partial charge in [-0.25, -0.2) is 0 Å². The van der Waals surface area contributed by atoms with Crippen LogP contribution in [0.1, 0.15) is 42.1 Å². The third-order valence-electron chi connectivity index (χ3n) is 4.17. The maximum Gasteiger partial charge on any atom is 0.0578 e. The largest absolute Gasteiger partial charge is 0.309 e. The van der Waals surface area contributed by atoms with Crippen LogP contribution >= 0.6 is 0 Å². The molecule has 1 aromatic carbocycles. The van der Waals surface area contributed by atoms with Crippen molar-refractivity contribution in [3.05, 3.63) is 65.5 Å². The van der Waals surface area contributed by atoms with Crippen molar-refractivity contribution in [2.24, 2.45) is 5.92 Å². The predicted octanol–water partition coefficient (Wildman–Crippen LogP) is 3.84. The molecule has 3 atom stereocenters. The molecule has 0 bridgehead atoms. The average molecular weight is 266 g/mol. The molecule has 1 N–H and O–H groups in total. The molecule has 3 unspecified atom stereocenters. The lowest BCUT2D eigenvalue weighted by Crippen LogP contribution is -2.24. The molecule has 1 aliphatic carbocycles. The second-order valence-corrected chi connectivity index (χ2v) is 5.71. The Labute approximate surface area is 121 Å². The smallest absolute Gasteiger partial charge is 0.0578 e. The van der Waals surface area contributed by atoms with Gasteiger partial charge >= 0.3 is 0 Å². The van der Waals surface area contributed by atoms with Gasteiger partial charge in [-0.3, -0.25) is 4.98 Å². The number of rotatable bonds is 5. The number of aromatic nitrogens is 1. The van der Waals surface area contributed by atoms with Crippen molar-refractivity contribution in [3.63, 3.8) is 0 Å². The van der Waals surface area contributed by atoms with Crippen molar-refractivity contribution in [2.75, 3.05) is 6.54 Å². The fourth-order valence-corrected chi connectivity index (χ4v) is 3.09. The molecule has 0 spiro atoms. The van der Waals surface area contributed by atoms with Crippen LogP contribution in [0.25, 0.3) is 0 Å². The lowest BCUT2D eigenvalue weighted by molar-refractivity contribution is 0.476. The minimum atomic E-state index is 0.380. The van der Waals surface area contributed by atoms with Crippen LogP contribution in [0.5, 0.6) is 0 Å². The average Bonchev–Trinajstić information content (AvgIpc) is 3.26. The highest BCUT2D eigenvalue weighted by Gasteiger charge is 2.44. The monoisotopic (exact) mass is 266 g/mol. The lowest BCUT2D eigenvalue weighted by atomic mass is 10.0. The minimum Gasteiger partial charge on any atom is -0.309 e. The molecule has 104 valence electrons. The highest BCUT2D eigenvalue weighted by molar-refractivity contribution is 5.29. The molecular formula is C18H22N2. The number of benzene rings is 1. The molecule has 1 fully saturated rings. The van der Waals surface area contributed by atoms with E-state index in [1.807, 2.05) is 6.20 Å². The van der Waals surface area contributed by atoms with Gasteiger partial charge in [0.2, 0.25) is 0 Å². The molecule has 0 saturated heterocycles. The van der Waals surface area contributed by atoms with Crippen molar-refractivity contribution in [2.45, 2.75) is 32.2 Å². The molecule has 1 aromatic heterocycles. The first kappa shape index (κ1) is 13.3. The number of hydrogen-bond acceptors (Lipinski definition) is 2. The van der Waals surface area contributed by atoms with E-state index in [0.29, 0.717) is 17.9 Å². The van der Waals surface area contributed by atoms with Crippen molar-refractivity contribution < 1.29 is 0 Å². The van der Waals surface area contributed by atoms with Gasteiger partial charge < -0.3 is 5.32 Å². The Morgan fingerprint density at radius 1 is 1.25 bits per heavy atom. The van der Waals surface area contributed by atoms with E-state index in [1.54, 1.807) is 0 Å². The molecule has 1 aliphatic rings. The quantitative estimate of drug-likeness (QED) is 0.889. The fraction of sp³-hybridized carbons (Fsp3) is 0.389. The van der Waals surface area contributed by atoms with Crippen LogP contribution in [0.15, 0.2) is 48.7 Å². The van der Waals surface area contributed by atoms with Crippen molar-refractivity contribution in [1.82, 2.24) is 10.3 Å². The van der Waals surface area contributed by atoms with E-state index in [0.717, 1.165) is 6.54 Å². The van der Waals surface area contributed by atoms with Gasteiger partial charge in [-0.15, -0.1) is 0 Å². The van der Waals surface area contributed by atoms with Gasteiger partial charge in [0.15, 0.2) is 0 Å². The molecule has 1 heterocycles. The summed E-state index contributed by atoms with van der Waals surface area (Å²) in [5.41, 5.74) is 3.94. The zero-order chi connectivity index (χ0) is 13.9. The molecular weight excluding hydrogens is 244 g/mol. The third kappa shape index (κ3) is 2.75. The van der Waals surface area contributed by atoms with Crippen LogP contribution < -0.4 is 5.32 Å². The Balaban J connectivity index is 1.80. The second-order valence-electron chi connectivity index (χ2n) is 5.71. The number of aryl methyl sites for hydroxylation is 1. The Kier molecular flexibility index (Phi) is 3.83. The van der Waals surface area contributed by atoms with E-state index >= 15 is 0 Å². The first-order chi connectivity index (χ1) is 9.79. The number of hydrogen-bond donors (Lipinski definition) is 1. The Morgan fingerprint density at radius 2 is 2.05 bits per heavy atom. The molecule has 2 aromatic rings. The van der Waals surface area contributed by atoms with E-state index in [9.17, 15) is 0 Å². The minimum absolute atomic E-state index is 0.380. The molecule has 20 heavy (non-hydrogen) atoms. The zero-order valence-corrected chi connectivity index (χ0v) is 12.2. The van der Waals surface area contributed by atoms with Gasteiger partial charge in [-0.2, -0.15) is 0 Å². The van der Waals surface area contributed by atoms with Gasteiger partial charge in [0.05, 0.1) is 11.7 Å². The van der Waals surface area contributed by atoms with Crippen molar-refractivity contribution >= 4 is 0 Å². The normalized spacial score (nSPS) is 22.5. The first-order valence-corrected chi connectivity index (χ1v) is 7.50. The summed E-state index contributed by atoms with van der Waals surface area (Å²) in [6.07, 6.45) is 3.19. The highest BCUT2D eigenvalue weighted by atomic mass is 15.0. The zero-order valence-electron chi connectivity index (χ0n) is 12.2. The molecule has 0 radical (unpaired) electrons. The van der Waals surface area contributed by atoms with Crippen LogP contribution in [0.3, 0.4) is 0 Å². The van der Waals surface area contributed by atoms with E-state index in [1.165, 1.54) is 23.2 Å². The SMILES string of the molecule is CCNC(c1cc(C)ccn1)C1CC1c1ccccc1. The summed E-state index contributed by atoms with van der Waals surface area (Å²) < 4.78 is 0. The molecule has 0 amide bonds. The van der Waals surface area contributed by atoms with Crippen molar-refractivity contribution in [1.29, 1.82) is 0 Å². The van der Waals surface area contributed by atoms with Gasteiger partial charge in [0.25, 0.3) is 0 Å². The Bertz CT molecular complexity index is 565. The summed E-state index contributed by atoms with van der Waals surface area (Å²) in [5, 5.41) is 3.63. The maximum absolute atomic E-state index is 4.59. The standard InChI is InChI=1S/C18H22N2/c1-3-19-18(17-11-13(2)9-10-20-17)16-12-15(16)14-7-5-4-6-8-14/h4-11,15-16,18-19H,3,12H2,1-2H3. The Morgan fingerprint density at radius 3 is 2.75 bits per heavy atom. The van der Waals surface area contributed by atoms with Crippen molar-refractivity contribution in [3.8, 4) is 0 Å². The summed E-state index contributed by atoms with van der Waals surface area (Å²) in [6, 6.07) is 15.5. The molecule has 2 nitrogen and oxygen atoms in total. The number of nitrogens with one attached hydrogen (secondary N) is 1. The topological polar surface area (TPSA) is 24.9 Å². The number of pyridine rings is 1.